The quantitative estimate of drug-likeness (QED) is 0.143. The Morgan fingerprint density at radius 1 is 0.368 bits per heavy atom. The zero-order valence-corrected chi connectivity index (χ0v) is 53.5. The Labute approximate surface area is 474 Å². The van der Waals surface area contributed by atoms with Crippen LogP contribution >= 0.6 is 45.3 Å². The molecule has 3 aromatic rings. The first-order chi connectivity index (χ1) is 34.5. The standard InChI is InChI=1S/C66H87O6PS3/c1-34-25-46(67)43(61(7,8)9)31-40(34)52-55(64(16,17)18)49(28-37(4)58(52)74)70-73(71-50-29-38(5)59(75)53(56(50)65(19,20)21)41-32-44(62(10,11)12)47(68)26-35(41)2)72-51-30-39(6)60(76)54(57(51)66(22,23)24)42-33-45(63(13,14)15)48(69)27-36(42)3/h25-33,37-39,67-69H,1-24H3. The van der Waals surface area contributed by atoms with Crippen LogP contribution in [0.5, 0.6) is 17.2 Å². The number of hydrogen-bond donors (Lipinski definition) is 3. The number of benzene rings is 3. The van der Waals surface area contributed by atoms with Crippen molar-refractivity contribution in [3.63, 3.8) is 0 Å². The van der Waals surface area contributed by atoms with E-state index >= 15 is 0 Å². The predicted octanol–water partition coefficient (Wildman–Crippen LogP) is 19.4. The molecule has 6 nitrogen and oxygen atoms in total. The molecule has 3 aliphatic carbocycles. The highest BCUT2D eigenvalue weighted by Gasteiger charge is 2.43. The number of allylic oxidation sites excluding steroid dienone is 9. The lowest BCUT2D eigenvalue weighted by atomic mass is 9.73. The van der Waals surface area contributed by atoms with Crippen LogP contribution in [0.1, 0.15) is 195 Å². The van der Waals surface area contributed by atoms with E-state index in [0.717, 1.165) is 98.1 Å². The fourth-order valence-electron chi connectivity index (χ4n) is 10.8. The average molecular weight is 1100 g/mol. The molecule has 6 rings (SSSR count). The Morgan fingerprint density at radius 2 is 0.579 bits per heavy atom. The van der Waals surface area contributed by atoms with Gasteiger partial charge in [0.05, 0.1) is 0 Å². The lowest BCUT2D eigenvalue weighted by Crippen LogP contribution is -2.27. The molecule has 410 valence electrons. The molecule has 0 bridgehead atoms. The second-order valence-corrected chi connectivity index (χ2v) is 30.2. The van der Waals surface area contributed by atoms with Gasteiger partial charge in [-0.1, -0.05) is 182 Å². The number of rotatable bonds is 9. The molecule has 3 atom stereocenters. The minimum absolute atomic E-state index is 0.218. The topological polar surface area (TPSA) is 88.4 Å². The summed E-state index contributed by atoms with van der Waals surface area (Å²) in [5, 5.41) is 34.1. The van der Waals surface area contributed by atoms with Gasteiger partial charge in [-0.25, -0.2) is 0 Å². The first-order valence-electron chi connectivity index (χ1n) is 26.9. The molecule has 0 radical (unpaired) electrons. The number of aryl methyl sites for hydroxylation is 3. The molecule has 0 spiro atoms. The van der Waals surface area contributed by atoms with Crippen LogP contribution in [0.4, 0.5) is 0 Å². The molecule has 0 aromatic heterocycles. The fraction of sp³-hybridized carbons (Fsp3) is 0.500. The van der Waals surface area contributed by atoms with Crippen LogP contribution in [-0.2, 0) is 29.8 Å². The van der Waals surface area contributed by atoms with Crippen molar-refractivity contribution in [2.24, 2.45) is 34.0 Å². The highest BCUT2D eigenvalue weighted by Crippen LogP contribution is 2.59. The molecule has 3 aromatic carbocycles. The van der Waals surface area contributed by atoms with Gasteiger partial charge in [-0.15, -0.1) is 0 Å². The minimum Gasteiger partial charge on any atom is -0.508 e. The molecule has 0 saturated carbocycles. The number of aromatic hydroxyl groups is 3. The van der Waals surface area contributed by atoms with Crippen LogP contribution < -0.4 is 0 Å². The molecular formula is C66H87O6PS3. The number of thiocarbonyl (C=S) groups is 3. The van der Waals surface area contributed by atoms with Crippen LogP contribution in [0.2, 0.25) is 0 Å². The number of hydrogen-bond acceptors (Lipinski definition) is 9. The van der Waals surface area contributed by atoms with Crippen LogP contribution in [0.25, 0.3) is 16.7 Å². The maximum Gasteiger partial charge on any atom is 0.530 e. The van der Waals surface area contributed by atoms with E-state index in [1.807, 2.05) is 39.0 Å². The SMILES string of the molecule is Cc1cc(O)c(C(C)(C)C)cc1C1=C(C(C)(C)C)C(OP(OC2=CC(C)C(=S)C(c3cc(C(C)(C)C)c(O)cc3C)=C2C(C)(C)C)OC2=CC(C)C(=S)C(c3cc(C(C)(C)C)c(O)cc3C)=C2C(C)(C)C)=CC(C)C1=S. The van der Waals surface area contributed by atoms with E-state index in [1.54, 1.807) is 0 Å². The number of phenols is 3. The molecule has 3 aliphatic rings. The summed E-state index contributed by atoms with van der Waals surface area (Å²) in [6, 6.07) is 11.9. The second kappa shape index (κ2) is 21.0. The van der Waals surface area contributed by atoms with Gasteiger partial charge in [0, 0.05) is 65.8 Å². The van der Waals surface area contributed by atoms with Crippen molar-refractivity contribution < 1.29 is 28.9 Å². The highest BCUT2D eigenvalue weighted by atomic mass is 32.1. The van der Waals surface area contributed by atoms with Crippen molar-refractivity contribution in [1.82, 2.24) is 0 Å². The zero-order valence-electron chi connectivity index (χ0n) is 50.2. The van der Waals surface area contributed by atoms with Gasteiger partial charge in [0.15, 0.2) is 0 Å². The second-order valence-electron chi connectivity index (χ2n) is 27.9. The summed E-state index contributed by atoms with van der Waals surface area (Å²) in [6.07, 6.45) is 6.32. The van der Waals surface area contributed by atoms with E-state index in [-0.39, 0.29) is 51.2 Å². The normalized spacial score (nSPS) is 20.0. The van der Waals surface area contributed by atoms with Gasteiger partial charge in [-0.2, -0.15) is 0 Å². The summed E-state index contributed by atoms with van der Waals surface area (Å²) in [5.41, 5.74) is 10.9. The first kappa shape index (κ1) is 60.8. The lowest BCUT2D eigenvalue weighted by molar-refractivity contribution is 0.247. The summed E-state index contributed by atoms with van der Waals surface area (Å²) < 4.78 is 22.7. The van der Waals surface area contributed by atoms with Gasteiger partial charge < -0.3 is 28.9 Å². The molecule has 3 unspecified atom stereocenters. The van der Waals surface area contributed by atoms with Crippen molar-refractivity contribution >= 4 is 76.6 Å². The first-order valence-corrected chi connectivity index (χ1v) is 29.2. The van der Waals surface area contributed by atoms with Gasteiger partial charge in [0.2, 0.25) is 0 Å². The monoisotopic (exact) mass is 1100 g/mol. The van der Waals surface area contributed by atoms with E-state index in [0.29, 0.717) is 17.3 Å². The summed E-state index contributed by atoms with van der Waals surface area (Å²) in [5.74, 6) is 1.92. The molecule has 0 amide bonds. The van der Waals surface area contributed by atoms with Gasteiger partial charge >= 0.3 is 8.60 Å². The van der Waals surface area contributed by atoms with E-state index in [1.165, 1.54) is 0 Å². The third-order valence-corrected chi connectivity index (χ3v) is 17.5. The fourth-order valence-corrected chi connectivity index (χ4v) is 12.7. The summed E-state index contributed by atoms with van der Waals surface area (Å²) in [4.78, 5) is 2.36. The van der Waals surface area contributed by atoms with Crippen LogP contribution in [-0.4, -0.2) is 29.9 Å². The smallest absolute Gasteiger partial charge is 0.508 e. The van der Waals surface area contributed by atoms with Gasteiger partial charge in [-0.05, 0) is 158 Å². The Morgan fingerprint density at radius 3 is 0.763 bits per heavy atom. The molecule has 0 saturated heterocycles. The average Bonchev–Trinajstić information content (AvgIpc) is 3.22. The van der Waals surface area contributed by atoms with Crippen LogP contribution in [0.3, 0.4) is 0 Å². The molecule has 3 N–H and O–H groups in total. The Kier molecular flexibility index (Phi) is 16.8. The van der Waals surface area contributed by atoms with Crippen molar-refractivity contribution in [1.29, 1.82) is 0 Å². The Balaban J connectivity index is 1.70. The highest BCUT2D eigenvalue weighted by molar-refractivity contribution is 7.82. The molecular weight excluding hydrogens is 1020 g/mol. The van der Waals surface area contributed by atoms with Gasteiger partial charge in [-0.3, -0.25) is 0 Å². The van der Waals surface area contributed by atoms with Gasteiger partial charge in [0.1, 0.15) is 34.5 Å². The number of phenolic OH excluding ortho intramolecular Hbond substituents is 3. The van der Waals surface area contributed by atoms with Crippen LogP contribution in [0, 0.1) is 54.8 Å². The van der Waals surface area contributed by atoms with E-state index in [4.69, 9.17) is 50.2 Å². The van der Waals surface area contributed by atoms with E-state index < -0.39 is 24.8 Å². The largest absolute Gasteiger partial charge is 0.530 e. The molecule has 76 heavy (non-hydrogen) atoms. The Bertz CT molecular complexity index is 2780. The van der Waals surface area contributed by atoms with Crippen molar-refractivity contribution in [2.75, 3.05) is 0 Å². The summed E-state index contributed by atoms with van der Waals surface area (Å²) in [7, 11) is -2.38. The van der Waals surface area contributed by atoms with Crippen molar-refractivity contribution in [2.45, 2.75) is 182 Å². The lowest BCUT2D eigenvalue weighted by Gasteiger charge is -2.38. The zero-order chi connectivity index (χ0) is 57.7. The predicted molar refractivity (Wildman–Crippen MR) is 333 cm³/mol. The summed E-state index contributed by atoms with van der Waals surface area (Å²) >= 11 is 19.4. The molecule has 0 aliphatic heterocycles. The van der Waals surface area contributed by atoms with E-state index in [9.17, 15) is 15.3 Å². The maximum absolute atomic E-state index is 11.4. The molecule has 10 heteroatoms. The van der Waals surface area contributed by atoms with Crippen molar-refractivity contribution in [3.05, 3.63) is 139 Å². The van der Waals surface area contributed by atoms with E-state index in [2.05, 4.69) is 182 Å². The maximum atomic E-state index is 11.4. The Hall–Kier alpha value is -4.40. The van der Waals surface area contributed by atoms with Crippen LogP contribution in [0.15, 0.2) is 88.6 Å². The third-order valence-electron chi connectivity index (χ3n) is 14.7. The van der Waals surface area contributed by atoms with Gasteiger partial charge in [0.25, 0.3) is 0 Å². The summed E-state index contributed by atoms with van der Waals surface area (Å²) in [6.45, 7) is 51.0. The third kappa shape index (κ3) is 12.2. The van der Waals surface area contributed by atoms with Crippen molar-refractivity contribution in [3.8, 4) is 17.2 Å². The molecule has 0 heterocycles. The minimum atomic E-state index is -2.38. The molecule has 0 fully saturated rings.